The third-order valence-corrected chi connectivity index (χ3v) is 8.57. The molecule has 1 aromatic carbocycles. The van der Waals surface area contributed by atoms with Crippen molar-refractivity contribution in [1.29, 1.82) is 0 Å². The van der Waals surface area contributed by atoms with Gasteiger partial charge in [-0.15, -0.1) is 0 Å². The maximum Gasteiger partial charge on any atom is 0.238 e. The van der Waals surface area contributed by atoms with E-state index in [-0.39, 0.29) is 35.5 Å². The first-order valence-electron chi connectivity index (χ1n) is 13.2. The van der Waals surface area contributed by atoms with Gasteiger partial charge >= 0.3 is 0 Å². The molecule has 5 aliphatic rings. The van der Waals surface area contributed by atoms with Gasteiger partial charge in [-0.05, 0) is 80.9 Å². The van der Waals surface area contributed by atoms with Crippen molar-refractivity contribution in [2.24, 2.45) is 23.2 Å². The number of nitrogens with zero attached hydrogens (tertiary/aromatic N) is 2. The maximum atomic E-state index is 13.3. The van der Waals surface area contributed by atoms with E-state index in [1.807, 2.05) is 9.80 Å². The van der Waals surface area contributed by atoms with Crippen LogP contribution in [0.1, 0.15) is 51.4 Å². The number of carbonyl (C=O) groups excluding carboxylic acids is 3. The number of carbonyl (C=O) groups is 3. The molecule has 0 aromatic heterocycles. The molecule has 2 N–H and O–H groups in total. The topological polar surface area (TPSA) is 81.8 Å². The Bertz CT molecular complexity index is 924. The third kappa shape index (κ3) is 5.68. The van der Waals surface area contributed by atoms with Gasteiger partial charge < -0.3 is 15.5 Å². The van der Waals surface area contributed by atoms with Crippen LogP contribution in [-0.2, 0) is 14.4 Å². The molecule has 1 aliphatic heterocycles. The smallest absolute Gasteiger partial charge is 0.238 e. The van der Waals surface area contributed by atoms with Crippen molar-refractivity contribution >= 4 is 23.4 Å². The second kappa shape index (κ2) is 10.2. The molecule has 4 bridgehead atoms. The van der Waals surface area contributed by atoms with Crippen LogP contribution in [0, 0.1) is 29.0 Å². The summed E-state index contributed by atoms with van der Waals surface area (Å²) in [5, 5.41) is 5.88. The van der Waals surface area contributed by atoms with Gasteiger partial charge in [0.15, 0.2) is 0 Å². The number of amides is 3. The van der Waals surface area contributed by atoms with Gasteiger partial charge in [-0.1, -0.05) is 6.07 Å². The van der Waals surface area contributed by atoms with E-state index in [0.717, 1.165) is 37.0 Å². The molecule has 190 valence electrons. The average Bonchev–Trinajstić information content (AvgIpc) is 2.81. The SMILES string of the molecule is O=C(CN1CCN(C(=O)CCCNC(=O)C23CC4CC(CC(C4)C2)C3)CC1)Nc1cccc(F)c1. The molecule has 8 heteroatoms. The van der Waals surface area contributed by atoms with Crippen molar-refractivity contribution in [3.63, 3.8) is 0 Å². The van der Waals surface area contributed by atoms with Crippen LogP contribution in [0.15, 0.2) is 24.3 Å². The molecule has 0 spiro atoms. The molecule has 6 rings (SSSR count). The van der Waals surface area contributed by atoms with E-state index in [1.54, 1.807) is 12.1 Å². The summed E-state index contributed by atoms with van der Waals surface area (Å²) in [6, 6.07) is 5.84. The molecule has 5 fully saturated rings. The van der Waals surface area contributed by atoms with Crippen molar-refractivity contribution in [3.8, 4) is 0 Å². The second-order valence-electron chi connectivity index (χ2n) is 11.3. The van der Waals surface area contributed by atoms with Gasteiger partial charge in [-0.2, -0.15) is 0 Å². The second-order valence-corrected chi connectivity index (χ2v) is 11.3. The van der Waals surface area contributed by atoms with Gasteiger partial charge in [-0.3, -0.25) is 19.3 Å². The normalized spacial score (nSPS) is 29.7. The molecule has 1 aromatic rings. The Labute approximate surface area is 206 Å². The van der Waals surface area contributed by atoms with Crippen LogP contribution < -0.4 is 10.6 Å². The fourth-order valence-corrected chi connectivity index (χ4v) is 7.30. The number of rotatable bonds is 8. The minimum Gasteiger partial charge on any atom is -0.356 e. The third-order valence-electron chi connectivity index (χ3n) is 8.57. The summed E-state index contributed by atoms with van der Waals surface area (Å²) in [4.78, 5) is 41.8. The Morgan fingerprint density at radius 2 is 1.63 bits per heavy atom. The van der Waals surface area contributed by atoms with Crippen molar-refractivity contribution in [1.82, 2.24) is 15.1 Å². The minimum absolute atomic E-state index is 0.109. The number of hydrogen-bond acceptors (Lipinski definition) is 4. The van der Waals surface area contributed by atoms with Gasteiger partial charge in [0, 0.05) is 50.2 Å². The molecule has 7 nitrogen and oxygen atoms in total. The Balaban J connectivity index is 0.980. The quantitative estimate of drug-likeness (QED) is 0.556. The highest BCUT2D eigenvalue weighted by Crippen LogP contribution is 2.60. The van der Waals surface area contributed by atoms with E-state index in [2.05, 4.69) is 10.6 Å². The predicted molar refractivity (Wildman–Crippen MR) is 131 cm³/mol. The highest BCUT2D eigenvalue weighted by atomic mass is 19.1. The van der Waals surface area contributed by atoms with Crippen LogP contribution in [-0.4, -0.2) is 66.8 Å². The van der Waals surface area contributed by atoms with Gasteiger partial charge in [0.1, 0.15) is 5.82 Å². The Kier molecular flexibility index (Phi) is 7.09. The zero-order chi connectivity index (χ0) is 24.4. The molecule has 1 heterocycles. The van der Waals surface area contributed by atoms with Crippen LogP contribution in [0.5, 0.6) is 0 Å². The minimum atomic E-state index is -0.387. The lowest BCUT2D eigenvalue weighted by atomic mass is 9.49. The number of nitrogens with one attached hydrogen (secondary N) is 2. The van der Waals surface area contributed by atoms with E-state index < -0.39 is 0 Å². The van der Waals surface area contributed by atoms with E-state index in [1.165, 1.54) is 31.4 Å². The Hall–Kier alpha value is -2.48. The summed E-state index contributed by atoms with van der Waals surface area (Å²) in [6.45, 7) is 3.22. The highest BCUT2D eigenvalue weighted by Gasteiger charge is 2.54. The molecule has 0 unspecified atom stereocenters. The first kappa shape index (κ1) is 24.2. The number of halogens is 1. The molecular weight excluding hydrogens is 447 g/mol. The van der Waals surface area contributed by atoms with E-state index >= 15 is 0 Å². The maximum absolute atomic E-state index is 13.3. The fourth-order valence-electron chi connectivity index (χ4n) is 7.30. The van der Waals surface area contributed by atoms with Crippen molar-refractivity contribution in [2.75, 3.05) is 44.6 Å². The summed E-state index contributed by atoms with van der Waals surface area (Å²) in [5.74, 6) is 2.01. The van der Waals surface area contributed by atoms with Gasteiger partial charge in [0.25, 0.3) is 0 Å². The monoisotopic (exact) mass is 484 g/mol. The number of piperazine rings is 1. The van der Waals surface area contributed by atoms with Gasteiger partial charge in [0.05, 0.1) is 6.54 Å². The number of benzene rings is 1. The molecular formula is C27H37FN4O3. The molecule has 0 radical (unpaired) electrons. The molecule has 4 aliphatic carbocycles. The summed E-state index contributed by atoms with van der Waals surface area (Å²) < 4.78 is 13.3. The largest absolute Gasteiger partial charge is 0.356 e. The highest BCUT2D eigenvalue weighted by molar-refractivity contribution is 5.92. The summed E-state index contributed by atoms with van der Waals surface area (Å²) in [7, 11) is 0. The lowest BCUT2D eigenvalue weighted by molar-refractivity contribution is -0.146. The molecule has 1 saturated heterocycles. The lowest BCUT2D eigenvalue weighted by Gasteiger charge is -2.55. The Morgan fingerprint density at radius 3 is 2.26 bits per heavy atom. The molecule has 0 atom stereocenters. The van der Waals surface area contributed by atoms with Crippen LogP contribution >= 0.6 is 0 Å². The zero-order valence-corrected chi connectivity index (χ0v) is 20.4. The van der Waals surface area contributed by atoms with Crippen LogP contribution in [0.25, 0.3) is 0 Å². The molecule has 4 saturated carbocycles. The van der Waals surface area contributed by atoms with Crippen LogP contribution in [0.4, 0.5) is 10.1 Å². The van der Waals surface area contributed by atoms with E-state index in [0.29, 0.717) is 51.3 Å². The summed E-state index contributed by atoms with van der Waals surface area (Å²) in [5.41, 5.74) is 0.315. The van der Waals surface area contributed by atoms with E-state index in [9.17, 15) is 18.8 Å². The van der Waals surface area contributed by atoms with Gasteiger partial charge in [0.2, 0.25) is 17.7 Å². The standard InChI is InChI=1S/C27H37FN4O3/c28-22-3-1-4-23(14-22)30-24(33)18-31-7-9-32(10-8-31)25(34)5-2-6-29-26(35)27-15-19-11-20(16-27)13-21(12-19)17-27/h1,3-4,14,19-21H,2,5-13,15-18H2,(H,29,35)(H,30,33). The zero-order valence-electron chi connectivity index (χ0n) is 20.4. The average molecular weight is 485 g/mol. The predicted octanol–water partition coefficient (Wildman–Crippen LogP) is 3.02. The van der Waals surface area contributed by atoms with Crippen molar-refractivity contribution in [2.45, 2.75) is 51.4 Å². The van der Waals surface area contributed by atoms with Crippen molar-refractivity contribution in [3.05, 3.63) is 30.1 Å². The first-order valence-corrected chi connectivity index (χ1v) is 13.2. The number of anilines is 1. The Morgan fingerprint density at radius 1 is 0.971 bits per heavy atom. The first-order chi connectivity index (χ1) is 16.9. The van der Waals surface area contributed by atoms with E-state index in [4.69, 9.17) is 0 Å². The summed E-state index contributed by atoms with van der Waals surface area (Å²) >= 11 is 0. The van der Waals surface area contributed by atoms with Crippen LogP contribution in [0.2, 0.25) is 0 Å². The van der Waals surface area contributed by atoms with Crippen LogP contribution in [0.3, 0.4) is 0 Å². The molecule has 3 amide bonds. The molecule has 35 heavy (non-hydrogen) atoms. The van der Waals surface area contributed by atoms with Crippen molar-refractivity contribution < 1.29 is 18.8 Å². The lowest BCUT2D eigenvalue weighted by Crippen LogP contribution is -2.53. The van der Waals surface area contributed by atoms with Gasteiger partial charge in [-0.25, -0.2) is 4.39 Å². The number of hydrogen-bond donors (Lipinski definition) is 2. The fraction of sp³-hybridized carbons (Fsp3) is 0.667. The summed E-state index contributed by atoms with van der Waals surface area (Å²) in [6.07, 6.45) is 8.26.